The number of hydrogen-bond acceptors (Lipinski definition) is 14. The van der Waals surface area contributed by atoms with Crippen LogP contribution in [0.2, 0.25) is 0 Å². The Balaban J connectivity index is 0.00000684. The van der Waals surface area contributed by atoms with Gasteiger partial charge in [0.15, 0.2) is 0 Å². The first-order valence-electron chi connectivity index (χ1n) is 9.60. The molecule has 209 valence electrons. The molecule has 1 aromatic heterocycles. The normalized spacial score (nSPS) is 23.1. The van der Waals surface area contributed by atoms with Crippen molar-refractivity contribution < 1.29 is 93.8 Å². The van der Waals surface area contributed by atoms with Crippen molar-refractivity contribution in [2.75, 3.05) is 18.6 Å². The zero-order chi connectivity index (χ0) is 27.3. The SMILES string of the molecule is CSSCCCC(=O)n1c(=O)[c-]cn([C@H]2CC(O)[C@@H](COP(=O)([O-])OP(=O)(O)OP(=O)(O)O)O2)c1=O.[Y]. The first-order chi connectivity index (χ1) is 16.6. The smallest absolute Gasteiger partial charge is 0.487 e. The Morgan fingerprint density at radius 3 is 2.51 bits per heavy atom. The van der Waals surface area contributed by atoms with Gasteiger partial charge in [-0.25, -0.2) is 22.8 Å². The standard InChI is InChI=1S/C14H22N2O15P3S2.Y/c1-35-36-6-2-3-11(18)16-12(19)4-5-15(14(16)20)13-7-9(17)10(29-13)8-28-33(24,25)31-34(26,27)30-32(21,22)23;/h5,9-10,13,17H,2-3,6-8H2,1H3,(H,24,25)(H,26,27)(H2,21,22,23);/q-1;/p-1/t9?,10-,13-;/m1./s1. The molecule has 1 aliphatic heterocycles. The Morgan fingerprint density at radius 1 is 1.27 bits per heavy atom. The summed E-state index contributed by atoms with van der Waals surface area (Å²) in [4.78, 5) is 75.0. The summed E-state index contributed by atoms with van der Waals surface area (Å²) in [6, 6.07) is 2.20. The summed E-state index contributed by atoms with van der Waals surface area (Å²) in [5.74, 6) is -0.164. The molecular formula is C14H21N2O15P3S2Y-2. The van der Waals surface area contributed by atoms with E-state index in [1.165, 1.54) is 21.6 Å². The van der Waals surface area contributed by atoms with Crippen molar-refractivity contribution in [3.05, 3.63) is 33.1 Å². The number of hydrogen-bond donors (Lipinski definition) is 4. The van der Waals surface area contributed by atoms with E-state index in [2.05, 4.69) is 19.2 Å². The van der Waals surface area contributed by atoms with Crippen LogP contribution in [0.25, 0.3) is 0 Å². The maximum Gasteiger partial charge on any atom is 0.487 e. The molecule has 17 nitrogen and oxygen atoms in total. The molecule has 0 bridgehead atoms. The van der Waals surface area contributed by atoms with Crippen molar-refractivity contribution in [3.63, 3.8) is 0 Å². The Morgan fingerprint density at radius 2 is 1.92 bits per heavy atom. The van der Waals surface area contributed by atoms with Crippen molar-refractivity contribution in [2.45, 2.75) is 37.7 Å². The van der Waals surface area contributed by atoms with Crippen LogP contribution in [0.15, 0.2) is 15.8 Å². The fourth-order valence-corrected chi connectivity index (χ4v) is 7.12. The molecule has 5 atom stereocenters. The van der Waals surface area contributed by atoms with E-state index in [1.54, 1.807) is 0 Å². The van der Waals surface area contributed by atoms with Gasteiger partial charge in [0.2, 0.25) is 5.91 Å². The van der Waals surface area contributed by atoms with Crippen LogP contribution in [0.3, 0.4) is 0 Å². The molecule has 0 amide bonds. The summed E-state index contributed by atoms with van der Waals surface area (Å²) in [5.41, 5.74) is -2.07. The predicted molar refractivity (Wildman–Crippen MR) is 122 cm³/mol. The number of aromatic nitrogens is 2. The van der Waals surface area contributed by atoms with E-state index in [1.807, 2.05) is 6.26 Å². The minimum Gasteiger partial charge on any atom is -0.756 e. The minimum atomic E-state index is -5.79. The van der Waals surface area contributed by atoms with E-state index in [4.69, 9.17) is 19.4 Å². The second-order valence-electron chi connectivity index (χ2n) is 6.89. The van der Waals surface area contributed by atoms with Crippen LogP contribution in [0, 0.1) is 6.07 Å². The van der Waals surface area contributed by atoms with Gasteiger partial charge in [0, 0.05) is 51.3 Å². The number of rotatable bonds is 13. The summed E-state index contributed by atoms with van der Waals surface area (Å²) < 4.78 is 51.5. The van der Waals surface area contributed by atoms with E-state index < -0.39 is 65.7 Å². The molecule has 0 aliphatic carbocycles. The average molecular weight is 703 g/mol. The van der Waals surface area contributed by atoms with Crippen LogP contribution in [-0.2, 0) is 64.3 Å². The van der Waals surface area contributed by atoms with Crippen molar-refractivity contribution in [1.29, 1.82) is 0 Å². The summed E-state index contributed by atoms with van der Waals surface area (Å²) >= 11 is 0. The van der Waals surface area contributed by atoms with E-state index >= 15 is 0 Å². The van der Waals surface area contributed by atoms with Crippen molar-refractivity contribution in [1.82, 2.24) is 9.13 Å². The van der Waals surface area contributed by atoms with Gasteiger partial charge < -0.3 is 49.4 Å². The van der Waals surface area contributed by atoms with E-state index in [0.29, 0.717) is 16.7 Å². The number of ether oxygens (including phenoxy) is 1. The van der Waals surface area contributed by atoms with Gasteiger partial charge in [0.1, 0.15) is 12.3 Å². The molecular weight excluding hydrogens is 682 g/mol. The Labute approximate surface area is 242 Å². The second kappa shape index (κ2) is 14.9. The Bertz CT molecular complexity index is 1210. The molecule has 0 spiro atoms. The number of aliphatic hydroxyl groups excluding tert-OH is 1. The first-order valence-corrected chi connectivity index (χ1v) is 16.8. The van der Waals surface area contributed by atoms with Gasteiger partial charge in [-0.1, -0.05) is 21.6 Å². The number of aliphatic hydroxyl groups is 1. The summed E-state index contributed by atoms with van der Waals surface area (Å²) in [5, 5.41) is 10.2. The quantitative estimate of drug-likeness (QED) is 0.0882. The summed E-state index contributed by atoms with van der Waals surface area (Å²) in [7, 11) is -14.1. The molecule has 3 unspecified atom stereocenters. The van der Waals surface area contributed by atoms with Gasteiger partial charge in [0.05, 0.1) is 18.3 Å². The molecule has 1 radical (unpaired) electrons. The molecule has 4 N–H and O–H groups in total. The molecule has 1 aliphatic rings. The molecule has 0 saturated carbocycles. The van der Waals surface area contributed by atoms with Crippen LogP contribution in [-0.4, -0.2) is 65.7 Å². The molecule has 37 heavy (non-hydrogen) atoms. The molecule has 2 heterocycles. The third-order valence-electron chi connectivity index (χ3n) is 4.25. The molecule has 1 saturated heterocycles. The molecule has 2 rings (SSSR count). The third-order valence-corrected chi connectivity index (χ3v) is 9.92. The zero-order valence-corrected chi connectivity index (χ0v) is 25.9. The van der Waals surface area contributed by atoms with Gasteiger partial charge in [-0.15, -0.1) is 0 Å². The summed E-state index contributed by atoms with van der Waals surface area (Å²) in [6.45, 7) is -1.02. The van der Waals surface area contributed by atoms with E-state index in [0.717, 1.165) is 10.8 Å². The molecule has 0 aromatic carbocycles. The second-order valence-corrected chi connectivity index (χ2v) is 13.9. The van der Waals surface area contributed by atoms with E-state index in [-0.39, 0.29) is 45.6 Å². The third kappa shape index (κ3) is 11.5. The van der Waals surface area contributed by atoms with Crippen LogP contribution in [0.1, 0.15) is 30.3 Å². The van der Waals surface area contributed by atoms with Gasteiger partial charge >= 0.3 is 21.3 Å². The van der Waals surface area contributed by atoms with Gasteiger partial charge in [0.25, 0.3) is 7.82 Å². The fraction of sp³-hybridized carbons (Fsp3) is 0.643. The number of phosphoric acid groups is 3. The van der Waals surface area contributed by atoms with Crippen LogP contribution in [0.4, 0.5) is 0 Å². The average Bonchev–Trinajstić information content (AvgIpc) is 3.07. The van der Waals surface area contributed by atoms with Crippen LogP contribution < -0.4 is 16.1 Å². The van der Waals surface area contributed by atoms with Gasteiger partial charge in [-0.3, -0.25) is 9.36 Å². The first kappa shape index (κ1) is 35.5. The zero-order valence-electron chi connectivity index (χ0n) is 18.8. The number of phosphoric ester groups is 1. The van der Waals surface area contributed by atoms with Crippen LogP contribution in [0.5, 0.6) is 0 Å². The minimum absolute atomic E-state index is 0. The van der Waals surface area contributed by atoms with Gasteiger partial charge in [-0.05, 0) is 12.7 Å². The van der Waals surface area contributed by atoms with Gasteiger partial charge in [-0.2, -0.15) is 10.5 Å². The number of carbonyl (C=O) groups is 1. The molecule has 23 heteroatoms. The Kier molecular flexibility index (Phi) is 14.3. The van der Waals surface area contributed by atoms with Crippen molar-refractivity contribution in [2.24, 2.45) is 0 Å². The maximum absolute atomic E-state index is 12.7. The number of nitrogens with zero attached hydrogens (tertiary/aromatic N) is 2. The summed E-state index contributed by atoms with van der Waals surface area (Å²) in [6.07, 6.45) is -1.43. The molecule has 1 fully saturated rings. The Hall–Kier alpha value is 0.484. The van der Waals surface area contributed by atoms with Crippen molar-refractivity contribution in [3.8, 4) is 0 Å². The largest absolute Gasteiger partial charge is 0.756 e. The number of carbonyl (C=O) groups excluding carboxylic acids is 1. The fourth-order valence-electron chi connectivity index (χ4n) is 2.85. The predicted octanol–water partition coefficient (Wildman–Crippen LogP) is -0.401. The monoisotopic (exact) mass is 703 g/mol. The molecule has 1 aromatic rings. The maximum atomic E-state index is 12.7. The van der Waals surface area contributed by atoms with Crippen molar-refractivity contribution >= 4 is 51.0 Å². The van der Waals surface area contributed by atoms with E-state index in [9.17, 15) is 38.1 Å². The topological polar surface area (TPSA) is 253 Å². The van der Waals surface area contributed by atoms with Crippen LogP contribution >= 0.6 is 45.1 Å².